The Morgan fingerprint density at radius 3 is 2.25 bits per heavy atom. The molecule has 2 rings (SSSR count). The topological polar surface area (TPSA) is 74.7 Å². The van der Waals surface area contributed by atoms with Crippen LogP contribution in [0.15, 0.2) is 30.3 Å². The molecule has 110 valence electrons. The Balaban J connectivity index is 2.41. The van der Waals surface area contributed by atoms with E-state index in [-0.39, 0.29) is 6.04 Å². The van der Waals surface area contributed by atoms with Crippen molar-refractivity contribution < 1.29 is 18.3 Å². The van der Waals surface area contributed by atoms with Crippen molar-refractivity contribution in [1.82, 2.24) is 4.31 Å². The fourth-order valence-corrected chi connectivity index (χ4v) is 4.00. The minimum atomic E-state index is -3.68. The fraction of sp³-hybridized carbons (Fsp3) is 0.500. The first-order valence-electron chi connectivity index (χ1n) is 6.47. The number of aliphatic carboxylic acids is 1. The van der Waals surface area contributed by atoms with E-state index in [1.54, 1.807) is 20.8 Å². The van der Waals surface area contributed by atoms with Crippen LogP contribution in [0.4, 0.5) is 0 Å². The molecule has 1 heterocycles. The highest BCUT2D eigenvalue weighted by Crippen LogP contribution is 2.44. The molecule has 2 atom stereocenters. The zero-order chi connectivity index (χ0) is 15.1. The summed E-state index contributed by atoms with van der Waals surface area (Å²) < 4.78 is 25.3. The lowest BCUT2D eigenvalue weighted by atomic mass is 9.91. The van der Waals surface area contributed by atoms with Crippen molar-refractivity contribution in [2.24, 2.45) is 0 Å². The molecule has 0 spiro atoms. The van der Waals surface area contributed by atoms with Crippen LogP contribution in [-0.4, -0.2) is 34.6 Å². The van der Waals surface area contributed by atoms with E-state index < -0.39 is 26.8 Å². The molecule has 0 aliphatic carbocycles. The summed E-state index contributed by atoms with van der Waals surface area (Å²) in [5.74, 6) is -1.09. The normalized spacial score (nSPS) is 24.1. The summed E-state index contributed by atoms with van der Waals surface area (Å²) in [4.78, 5) is 11.2. The number of sulfonamides is 1. The van der Waals surface area contributed by atoms with Gasteiger partial charge in [-0.15, -0.1) is 0 Å². The van der Waals surface area contributed by atoms with E-state index in [1.807, 2.05) is 30.3 Å². The molecule has 0 amide bonds. The molecule has 0 saturated carbocycles. The first kappa shape index (κ1) is 15.0. The number of carbonyl (C=O) groups is 1. The van der Waals surface area contributed by atoms with Crippen LogP contribution in [0.5, 0.6) is 0 Å². The van der Waals surface area contributed by atoms with E-state index in [0.717, 1.165) is 9.87 Å². The smallest absolute Gasteiger partial charge is 0.322 e. The summed E-state index contributed by atoms with van der Waals surface area (Å²) in [5, 5.41) is 9.19. The molecule has 1 saturated heterocycles. The van der Waals surface area contributed by atoms with Crippen molar-refractivity contribution in [1.29, 1.82) is 0 Å². The van der Waals surface area contributed by atoms with Crippen LogP contribution in [0, 0.1) is 0 Å². The predicted octanol–water partition coefficient (Wildman–Crippen LogP) is 2.01. The summed E-state index contributed by atoms with van der Waals surface area (Å²) in [5.41, 5.74) is 0.831. The van der Waals surface area contributed by atoms with Gasteiger partial charge in [-0.2, -0.15) is 4.31 Å². The Morgan fingerprint density at radius 2 is 1.80 bits per heavy atom. The van der Waals surface area contributed by atoms with Crippen molar-refractivity contribution in [3.05, 3.63) is 35.9 Å². The molecular formula is C14H19NO4S. The highest BCUT2D eigenvalue weighted by molar-refractivity contribution is 7.90. The summed E-state index contributed by atoms with van der Waals surface area (Å²) in [6.45, 7) is 4.75. The number of rotatable bonds is 3. The zero-order valence-corrected chi connectivity index (χ0v) is 12.6. The average molecular weight is 297 g/mol. The first-order chi connectivity index (χ1) is 9.16. The van der Waals surface area contributed by atoms with Gasteiger partial charge >= 0.3 is 5.97 Å². The number of carboxylic acids is 1. The molecule has 6 heteroatoms. The van der Waals surface area contributed by atoms with Gasteiger partial charge in [-0.05, 0) is 32.8 Å². The molecule has 1 aliphatic rings. The standard InChI is InChI=1S/C14H19NO4S/c1-14(2,3)20(18,19)15-11(9-12(15)13(16)17)10-7-5-4-6-8-10/h4-8,11-12H,9H2,1-3H3,(H,16,17)/t11-,12+/m1/s1. The molecule has 1 aromatic carbocycles. The third-order valence-corrected chi connectivity index (χ3v) is 6.19. The van der Waals surface area contributed by atoms with E-state index in [1.165, 1.54) is 0 Å². The number of carboxylic acid groups (broad SMARTS) is 1. The number of benzene rings is 1. The Labute approximate surface area is 119 Å². The van der Waals surface area contributed by atoms with Crippen molar-refractivity contribution in [3.8, 4) is 0 Å². The molecule has 1 fully saturated rings. The molecule has 1 aromatic rings. The van der Waals surface area contributed by atoms with Gasteiger partial charge in [0.05, 0.1) is 10.8 Å². The van der Waals surface area contributed by atoms with Gasteiger partial charge in [0.25, 0.3) is 0 Å². The van der Waals surface area contributed by atoms with Crippen molar-refractivity contribution in [2.45, 2.75) is 44.0 Å². The zero-order valence-electron chi connectivity index (χ0n) is 11.8. The summed E-state index contributed by atoms with van der Waals surface area (Å²) >= 11 is 0. The lowest BCUT2D eigenvalue weighted by Gasteiger charge is -2.47. The van der Waals surface area contributed by atoms with Gasteiger partial charge in [0.1, 0.15) is 6.04 Å². The van der Waals surface area contributed by atoms with Crippen molar-refractivity contribution in [2.75, 3.05) is 0 Å². The van der Waals surface area contributed by atoms with Gasteiger partial charge in [0, 0.05) is 0 Å². The summed E-state index contributed by atoms with van der Waals surface area (Å²) in [7, 11) is -3.68. The largest absolute Gasteiger partial charge is 0.480 e. The van der Waals surface area contributed by atoms with Gasteiger partial charge in [-0.25, -0.2) is 8.42 Å². The third kappa shape index (κ3) is 2.33. The van der Waals surface area contributed by atoms with E-state index in [0.29, 0.717) is 6.42 Å². The SMILES string of the molecule is CC(C)(C)S(=O)(=O)N1[C@@H](c2ccccc2)C[C@H]1C(=O)O. The van der Waals surface area contributed by atoms with Crippen molar-refractivity contribution >= 4 is 16.0 Å². The van der Waals surface area contributed by atoms with Crippen LogP contribution in [0.1, 0.15) is 38.8 Å². The Kier molecular flexibility index (Phi) is 3.64. The second-order valence-corrected chi connectivity index (χ2v) is 8.56. The van der Waals surface area contributed by atoms with Gasteiger partial charge in [-0.3, -0.25) is 4.79 Å². The predicted molar refractivity (Wildman–Crippen MR) is 75.7 cm³/mol. The minimum Gasteiger partial charge on any atom is -0.480 e. The summed E-state index contributed by atoms with van der Waals surface area (Å²) in [6, 6.07) is 7.80. The molecule has 0 aromatic heterocycles. The highest BCUT2D eigenvalue weighted by atomic mass is 32.2. The Morgan fingerprint density at radius 1 is 1.25 bits per heavy atom. The molecule has 1 N–H and O–H groups in total. The molecule has 0 bridgehead atoms. The first-order valence-corrected chi connectivity index (χ1v) is 7.91. The lowest BCUT2D eigenvalue weighted by Crippen LogP contribution is -2.60. The average Bonchev–Trinajstić information content (AvgIpc) is 2.26. The maximum Gasteiger partial charge on any atom is 0.322 e. The van der Waals surface area contributed by atoms with E-state index >= 15 is 0 Å². The van der Waals surface area contributed by atoms with E-state index in [4.69, 9.17) is 0 Å². The maximum atomic E-state index is 12.6. The lowest BCUT2D eigenvalue weighted by molar-refractivity contribution is -0.147. The molecule has 1 aliphatic heterocycles. The highest BCUT2D eigenvalue weighted by Gasteiger charge is 2.53. The van der Waals surface area contributed by atoms with Gasteiger partial charge in [-0.1, -0.05) is 30.3 Å². The van der Waals surface area contributed by atoms with E-state index in [9.17, 15) is 18.3 Å². The quantitative estimate of drug-likeness (QED) is 0.926. The van der Waals surface area contributed by atoms with Crippen LogP contribution >= 0.6 is 0 Å². The van der Waals surface area contributed by atoms with Crippen LogP contribution in [-0.2, 0) is 14.8 Å². The second kappa shape index (κ2) is 4.86. The van der Waals surface area contributed by atoms with E-state index in [2.05, 4.69) is 0 Å². The number of hydrogen-bond donors (Lipinski definition) is 1. The Hall–Kier alpha value is -1.40. The van der Waals surface area contributed by atoms with Crippen molar-refractivity contribution in [3.63, 3.8) is 0 Å². The van der Waals surface area contributed by atoms with Gasteiger partial charge < -0.3 is 5.11 Å². The van der Waals surface area contributed by atoms with Crippen LogP contribution in [0.25, 0.3) is 0 Å². The van der Waals surface area contributed by atoms with Gasteiger partial charge in [0.2, 0.25) is 10.0 Å². The van der Waals surface area contributed by atoms with Crippen LogP contribution < -0.4 is 0 Å². The minimum absolute atomic E-state index is 0.314. The van der Waals surface area contributed by atoms with Crippen LogP contribution in [0.2, 0.25) is 0 Å². The maximum absolute atomic E-state index is 12.6. The molecular weight excluding hydrogens is 278 g/mol. The van der Waals surface area contributed by atoms with Gasteiger partial charge in [0.15, 0.2) is 0 Å². The Bertz CT molecular complexity index is 604. The second-order valence-electron chi connectivity index (χ2n) is 5.96. The molecule has 0 unspecified atom stereocenters. The molecule has 5 nitrogen and oxygen atoms in total. The monoisotopic (exact) mass is 297 g/mol. The number of nitrogens with zero attached hydrogens (tertiary/aromatic N) is 1. The third-order valence-electron chi connectivity index (χ3n) is 3.58. The molecule has 0 radical (unpaired) electrons. The molecule has 20 heavy (non-hydrogen) atoms. The van der Waals surface area contributed by atoms with Crippen LogP contribution in [0.3, 0.4) is 0 Å². The summed E-state index contributed by atoms with van der Waals surface area (Å²) in [6.07, 6.45) is 0.314. The number of hydrogen-bond acceptors (Lipinski definition) is 3. The fourth-order valence-electron chi connectivity index (χ4n) is 2.32.